The van der Waals surface area contributed by atoms with Crippen molar-refractivity contribution < 1.29 is 4.92 Å². The molecule has 0 spiro atoms. The van der Waals surface area contributed by atoms with E-state index >= 15 is 0 Å². The van der Waals surface area contributed by atoms with Crippen LogP contribution in [0.2, 0.25) is 0 Å². The maximum atomic E-state index is 10.7. The van der Waals surface area contributed by atoms with E-state index in [1.807, 2.05) is 12.1 Å². The fourth-order valence-corrected chi connectivity index (χ4v) is 2.42. The zero-order chi connectivity index (χ0) is 13.4. The molecular weight excluding hydrogens is 242 g/mol. The van der Waals surface area contributed by atoms with Crippen molar-refractivity contribution in [1.82, 2.24) is 0 Å². The van der Waals surface area contributed by atoms with Crippen molar-refractivity contribution in [3.63, 3.8) is 0 Å². The molecule has 2 N–H and O–H groups in total. The van der Waals surface area contributed by atoms with Crippen LogP contribution >= 0.6 is 0 Å². The highest BCUT2D eigenvalue weighted by molar-refractivity contribution is 5.67. The highest BCUT2D eigenvalue weighted by atomic mass is 16.6. The molecule has 0 aromatic heterocycles. The maximum Gasteiger partial charge on any atom is 0.292 e. The molecule has 3 rings (SSSR count). The van der Waals surface area contributed by atoms with Gasteiger partial charge in [-0.2, -0.15) is 0 Å². The average Bonchev–Trinajstić information content (AvgIpc) is 2.81. The number of anilines is 2. The summed E-state index contributed by atoms with van der Waals surface area (Å²) >= 11 is 0. The molecule has 5 nitrogen and oxygen atoms in total. The summed E-state index contributed by atoms with van der Waals surface area (Å²) in [6, 6.07) is 13.1. The van der Waals surface area contributed by atoms with Crippen molar-refractivity contribution in [2.45, 2.75) is 13.1 Å². The molecule has 2 aromatic carbocycles. The highest BCUT2D eigenvalue weighted by Gasteiger charge is 2.20. The van der Waals surface area contributed by atoms with E-state index < -0.39 is 4.92 Å². The monoisotopic (exact) mass is 255 g/mol. The molecule has 0 amide bonds. The second kappa shape index (κ2) is 4.28. The molecule has 19 heavy (non-hydrogen) atoms. The first-order chi connectivity index (χ1) is 9.15. The molecule has 1 aliphatic heterocycles. The van der Waals surface area contributed by atoms with Crippen LogP contribution in [-0.2, 0) is 13.1 Å². The van der Waals surface area contributed by atoms with Crippen LogP contribution < -0.4 is 10.6 Å². The fourth-order valence-electron chi connectivity index (χ4n) is 2.42. The topological polar surface area (TPSA) is 72.4 Å². The molecule has 0 atom stereocenters. The lowest BCUT2D eigenvalue weighted by Gasteiger charge is -2.18. The van der Waals surface area contributed by atoms with Gasteiger partial charge in [0, 0.05) is 24.8 Å². The Balaban J connectivity index is 1.90. The molecule has 0 aliphatic carbocycles. The maximum absolute atomic E-state index is 10.7. The third-order valence-corrected chi connectivity index (χ3v) is 3.41. The molecule has 0 fully saturated rings. The van der Waals surface area contributed by atoms with Gasteiger partial charge in [0.05, 0.1) is 4.92 Å². The van der Waals surface area contributed by atoms with Crippen LogP contribution in [0.1, 0.15) is 11.1 Å². The number of nitro groups is 1. The Kier molecular flexibility index (Phi) is 2.59. The molecule has 96 valence electrons. The molecular formula is C14H13N3O2. The zero-order valence-corrected chi connectivity index (χ0v) is 10.2. The largest absolute Gasteiger partial charge is 0.393 e. The summed E-state index contributed by atoms with van der Waals surface area (Å²) in [6.07, 6.45) is 0. The summed E-state index contributed by atoms with van der Waals surface area (Å²) in [5.41, 5.74) is 9.39. The van der Waals surface area contributed by atoms with Gasteiger partial charge in [0.1, 0.15) is 5.69 Å². The summed E-state index contributed by atoms with van der Waals surface area (Å²) < 4.78 is 0. The van der Waals surface area contributed by atoms with E-state index in [2.05, 4.69) is 17.0 Å². The van der Waals surface area contributed by atoms with Crippen molar-refractivity contribution in [2.75, 3.05) is 10.6 Å². The molecule has 0 unspecified atom stereocenters. The standard InChI is InChI=1S/C14H13N3O2/c15-13-7-12(5-6-14(13)17(18)19)16-8-10-3-1-2-4-11(10)9-16/h1-7H,8-9,15H2. The van der Waals surface area contributed by atoms with Gasteiger partial charge in [-0.25, -0.2) is 0 Å². The van der Waals surface area contributed by atoms with Crippen LogP contribution in [0.3, 0.4) is 0 Å². The van der Waals surface area contributed by atoms with Gasteiger partial charge in [-0.15, -0.1) is 0 Å². The molecule has 0 saturated heterocycles. The van der Waals surface area contributed by atoms with E-state index in [4.69, 9.17) is 5.73 Å². The van der Waals surface area contributed by atoms with Crippen LogP contribution in [-0.4, -0.2) is 4.92 Å². The van der Waals surface area contributed by atoms with Gasteiger partial charge in [-0.3, -0.25) is 10.1 Å². The van der Waals surface area contributed by atoms with E-state index in [1.165, 1.54) is 17.2 Å². The number of benzene rings is 2. The minimum atomic E-state index is -0.460. The Bertz CT molecular complexity index is 630. The highest BCUT2D eigenvalue weighted by Crippen LogP contribution is 2.32. The third kappa shape index (κ3) is 1.99. The molecule has 0 radical (unpaired) electrons. The first kappa shape index (κ1) is 11.5. The average molecular weight is 255 g/mol. The molecule has 5 heteroatoms. The molecule has 2 aromatic rings. The number of rotatable bonds is 2. The van der Waals surface area contributed by atoms with E-state index in [1.54, 1.807) is 12.1 Å². The van der Waals surface area contributed by atoms with Crippen molar-refractivity contribution in [3.8, 4) is 0 Å². The van der Waals surface area contributed by atoms with E-state index in [9.17, 15) is 10.1 Å². The van der Waals surface area contributed by atoms with Crippen LogP contribution in [0.25, 0.3) is 0 Å². The van der Waals surface area contributed by atoms with Gasteiger partial charge in [0.15, 0.2) is 0 Å². The van der Waals surface area contributed by atoms with Crippen molar-refractivity contribution in [2.24, 2.45) is 0 Å². The van der Waals surface area contributed by atoms with Crippen LogP contribution in [0.5, 0.6) is 0 Å². The number of hydrogen-bond donors (Lipinski definition) is 1. The van der Waals surface area contributed by atoms with Crippen molar-refractivity contribution in [1.29, 1.82) is 0 Å². The Morgan fingerprint density at radius 3 is 2.26 bits per heavy atom. The number of nitro benzene ring substituents is 1. The smallest absolute Gasteiger partial charge is 0.292 e. The summed E-state index contributed by atoms with van der Waals surface area (Å²) in [5, 5.41) is 10.7. The number of fused-ring (bicyclic) bond motifs is 1. The lowest BCUT2D eigenvalue weighted by atomic mass is 10.1. The second-order valence-corrected chi connectivity index (χ2v) is 4.63. The second-order valence-electron chi connectivity index (χ2n) is 4.63. The lowest BCUT2D eigenvalue weighted by molar-refractivity contribution is -0.383. The molecule has 1 aliphatic rings. The predicted octanol–water partition coefficient (Wildman–Crippen LogP) is 2.70. The Hall–Kier alpha value is -2.56. The van der Waals surface area contributed by atoms with Gasteiger partial charge in [0.25, 0.3) is 5.69 Å². The fraction of sp³-hybridized carbons (Fsp3) is 0.143. The number of nitrogens with zero attached hydrogens (tertiary/aromatic N) is 2. The molecule has 0 bridgehead atoms. The summed E-state index contributed by atoms with van der Waals surface area (Å²) in [6.45, 7) is 1.63. The summed E-state index contributed by atoms with van der Waals surface area (Å²) in [4.78, 5) is 12.4. The van der Waals surface area contributed by atoms with Gasteiger partial charge < -0.3 is 10.6 Å². The Morgan fingerprint density at radius 1 is 1.11 bits per heavy atom. The number of hydrogen-bond acceptors (Lipinski definition) is 4. The zero-order valence-electron chi connectivity index (χ0n) is 10.2. The van der Waals surface area contributed by atoms with Crippen LogP contribution in [0, 0.1) is 10.1 Å². The Morgan fingerprint density at radius 2 is 1.74 bits per heavy atom. The SMILES string of the molecule is Nc1cc(N2Cc3ccccc3C2)ccc1[N+](=O)[O-]. The normalized spacial score (nSPS) is 13.4. The molecule has 1 heterocycles. The van der Waals surface area contributed by atoms with Gasteiger partial charge >= 0.3 is 0 Å². The van der Waals surface area contributed by atoms with Crippen LogP contribution in [0.4, 0.5) is 17.1 Å². The lowest BCUT2D eigenvalue weighted by Crippen LogP contribution is -2.14. The summed E-state index contributed by atoms with van der Waals surface area (Å²) in [7, 11) is 0. The Labute approximate surface area is 110 Å². The first-order valence-corrected chi connectivity index (χ1v) is 6.01. The van der Waals surface area contributed by atoms with Crippen molar-refractivity contribution in [3.05, 3.63) is 63.7 Å². The minimum absolute atomic E-state index is 0.0412. The van der Waals surface area contributed by atoms with E-state index in [0.29, 0.717) is 0 Å². The predicted molar refractivity (Wildman–Crippen MR) is 73.8 cm³/mol. The van der Waals surface area contributed by atoms with Gasteiger partial charge in [-0.1, -0.05) is 24.3 Å². The number of nitrogen functional groups attached to an aromatic ring is 1. The molecule has 0 saturated carbocycles. The van der Waals surface area contributed by atoms with Gasteiger partial charge in [-0.05, 0) is 23.3 Å². The summed E-state index contributed by atoms with van der Waals surface area (Å²) in [5.74, 6) is 0. The van der Waals surface area contributed by atoms with E-state index in [-0.39, 0.29) is 11.4 Å². The number of nitrogens with two attached hydrogens (primary N) is 1. The van der Waals surface area contributed by atoms with Gasteiger partial charge in [0.2, 0.25) is 0 Å². The van der Waals surface area contributed by atoms with E-state index in [0.717, 1.165) is 18.8 Å². The third-order valence-electron chi connectivity index (χ3n) is 3.41. The van der Waals surface area contributed by atoms with Crippen LogP contribution in [0.15, 0.2) is 42.5 Å². The first-order valence-electron chi connectivity index (χ1n) is 6.01. The van der Waals surface area contributed by atoms with Crippen molar-refractivity contribution >= 4 is 17.1 Å². The quantitative estimate of drug-likeness (QED) is 0.508. The minimum Gasteiger partial charge on any atom is -0.393 e.